The molecule has 0 unspecified atom stereocenters. The topological polar surface area (TPSA) is 62.7 Å². The maximum atomic E-state index is 13.0. The third-order valence-corrected chi connectivity index (χ3v) is 4.96. The van der Waals surface area contributed by atoms with E-state index in [1.807, 2.05) is 36.1 Å². The van der Waals surface area contributed by atoms with Crippen molar-refractivity contribution in [2.75, 3.05) is 31.2 Å². The van der Waals surface area contributed by atoms with Gasteiger partial charge in [-0.25, -0.2) is 0 Å². The number of pyridine rings is 1. The zero-order valence-corrected chi connectivity index (χ0v) is 14.7. The van der Waals surface area contributed by atoms with Crippen molar-refractivity contribution in [3.05, 3.63) is 59.4 Å². The standard InChI is InChI=1S/C20H21N3O3/c1-14-4-6-15(7-5-14)23-17(13-18(24)22-9-11-26-12-10-22)19-16(20(23)25)3-2-8-21-19/h2-8,17H,9-13H2,1H3/t17-/m0/s1. The summed E-state index contributed by atoms with van der Waals surface area (Å²) in [5.74, 6) is -0.0709. The summed E-state index contributed by atoms with van der Waals surface area (Å²) in [6.45, 7) is 4.32. The van der Waals surface area contributed by atoms with E-state index in [4.69, 9.17) is 4.74 Å². The van der Waals surface area contributed by atoms with Gasteiger partial charge in [0.25, 0.3) is 5.91 Å². The van der Waals surface area contributed by atoms with E-state index in [2.05, 4.69) is 4.98 Å². The van der Waals surface area contributed by atoms with Crippen LogP contribution in [0, 0.1) is 6.92 Å². The quantitative estimate of drug-likeness (QED) is 0.851. The van der Waals surface area contributed by atoms with Gasteiger partial charge in [-0.05, 0) is 31.2 Å². The minimum Gasteiger partial charge on any atom is -0.378 e. The number of hydrogen-bond donors (Lipinski definition) is 0. The molecule has 6 heteroatoms. The Balaban J connectivity index is 1.66. The van der Waals surface area contributed by atoms with Crippen molar-refractivity contribution in [2.45, 2.75) is 19.4 Å². The minimum absolute atomic E-state index is 0.0294. The Morgan fingerprint density at radius 1 is 1.19 bits per heavy atom. The summed E-state index contributed by atoms with van der Waals surface area (Å²) in [4.78, 5) is 33.7. The van der Waals surface area contributed by atoms with Gasteiger partial charge < -0.3 is 9.64 Å². The highest BCUT2D eigenvalue weighted by molar-refractivity contribution is 6.11. The molecule has 4 rings (SSSR count). The van der Waals surface area contributed by atoms with E-state index in [1.54, 1.807) is 23.2 Å². The third-order valence-electron chi connectivity index (χ3n) is 4.96. The number of aromatic nitrogens is 1. The van der Waals surface area contributed by atoms with Gasteiger partial charge in [0.1, 0.15) is 0 Å². The van der Waals surface area contributed by atoms with Gasteiger partial charge in [0.15, 0.2) is 0 Å². The molecule has 1 aromatic heterocycles. The molecule has 0 spiro atoms. The number of nitrogens with zero attached hydrogens (tertiary/aromatic N) is 3. The summed E-state index contributed by atoms with van der Waals surface area (Å²) in [6, 6.07) is 11.0. The van der Waals surface area contributed by atoms with E-state index in [-0.39, 0.29) is 24.3 Å². The van der Waals surface area contributed by atoms with E-state index < -0.39 is 0 Å². The van der Waals surface area contributed by atoms with Gasteiger partial charge in [0.2, 0.25) is 5.91 Å². The molecule has 0 bridgehead atoms. The number of benzene rings is 1. The first-order chi connectivity index (χ1) is 12.6. The Hall–Kier alpha value is -2.73. The number of anilines is 1. The second kappa shape index (κ2) is 6.88. The molecule has 1 saturated heterocycles. The zero-order chi connectivity index (χ0) is 18.1. The summed E-state index contributed by atoms with van der Waals surface area (Å²) in [5.41, 5.74) is 3.17. The first-order valence-electron chi connectivity index (χ1n) is 8.86. The Labute approximate surface area is 152 Å². The molecule has 2 aliphatic heterocycles. The monoisotopic (exact) mass is 351 g/mol. The Kier molecular flexibility index (Phi) is 4.42. The van der Waals surface area contributed by atoms with Crippen molar-refractivity contribution in [3.63, 3.8) is 0 Å². The summed E-state index contributed by atoms with van der Waals surface area (Å²) in [6.07, 6.45) is 1.90. The number of fused-ring (bicyclic) bond motifs is 1. The summed E-state index contributed by atoms with van der Waals surface area (Å²) >= 11 is 0. The van der Waals surface area contributed by atoms with Gasteiger partial charge in [0.05, 0.1) is 36.9 Å². The molecule has 2 aliphatic rings. The Morgan fingerprint density at radius 2 is 1.92 bits per heavy atom. The van der Waals surface area contributed by atoms with Crippen molar-refractivity contribution in [1.82, 2.24) is 9.88 Å². The molecule has 0 N–H and O–H groups in total. The number of amides is 2. The molecule has 2 amide bonds. The molecular weight excluding hydrogens is 330 g/mol. The molecule has 1 fully saturated rings. The zero-order valence-electron chi connectivity index (χ0n) is 14.7. The van der Waals surface area contributed by atoms with Crippen LogP contribution in [0.3, 0.4) is 0 Å². The fourth-order valence-electron chi connectivity index (χ4n) is 3.56. The first kappa shape index (κ1) is 16.7. The van der Waals surface area contributed by atoms with Gasteiger partial charge in [0, 0.05) is 25.0 Å². The lowest BCUT2D eigenvalue weighted by Gasteiger charge is -2.30. The van der Waals surface area contributed by atoms with Crippen molar-refractivity contribution in [3.8, 4) is 0 Å². The van der Waals surface area contributed by atoms with Crippen LogP contribution in [0.1, 0.15) is 34.1 Å². The predicted molar refractivity (Wildman–Crippen MR) is 97.0 cm³/mol. The lowest BCUT2D eigenvalue weighted by atomic mass is 10.1. The van der Waals surface area contributed by atoms with Crippen LogP contribution in [-0.2, 0) is 9.53 Å². The van der Waals surface area contributed by atoms with Gasteiger partial charge in [-0.2, -0.15) is 0 Å². The molecule has 0 aliphatic carbocycles. The maximum Gasteiger partial charge on any atom is 0.260 e. The van der Waals surface area contributed by atoms with Crippen LogP contribution >= 0.6 is 0 Å². The van der Waals surface area contributed by atoms with Crippen molar-refractivity contribution < 1.29 is 14.3 Å². The van der Waals surface area contributed by atoms with Crippen molar-refractivity contribution in [2.24, 2.45) is 0 Å². The highest BCUT2D eigenvalue weighted by Gasteiger charge is 2.40. The largest absolute Gasteiger partial charge is 0.378 e. The molecule has 0 radical (unpaired) electrons. The lowest BCUT2D eigenvalue weighted by Crippen LogP contribution is -2.42. The van der Waals surface area contributed by atoms with E-state index in [0.717, 1.165) is 11.3 Å². The average Bonchev–Trinajstić information content (AvgIpc) is 2.95. The van der Waals surface area contributed by atoms with Crippen LogP contribution in [-0.4, -0.2) is 48.0 Å². The lowest BCUT2D eigenvalue weighted by molar-refractivity contribution is -0.135. The first-order valence-corrected chi connectivity index (χ1v) is 8.86. The Bertz CT molecular complexity index is 828. The normalized spacial score (nSPS) is 19.6. The summed E-state index contributed by atoms with van der Waals surface area (Å²) < 4.78 is 5.32. The number of ether oxygens (including phenoxy) is 1. The highest BCUT2D eigenvalue weighted by atomic mass is 16.5. The summed E-state index contributed by atoms with van der Waals surface area (Å²) in [7, 11) is 0. The number of aryl methyl sites for hydroxylation is 1. The number of rotatable bonds is 3. The predicted octanol–water partition coefficient (Wildman–Crippen LogP) is 2.34. The fraction of sp³-hybridized carbons (Fsp3) is 0.350. The van der Waals surface area contributed by atoms with Crippen LogP contribution in [0.15, 0.2) is 42.6 Å². The van der Waals surface area contributed by atoms with Gasteiger partial charge in [-0.3, -0.25) is 19.5 Å². The van der Waals surface area contributed by atoms with E-state index >= 15 is 0 Å². The van der Waals surface area contributed by atoms with Crippen LogP contribution in [0.5, 0.6) is 0 Å². The van der Waals surface area contributed by atoms with Crippen molar-refractivity contribution in [1.29, 1.82) is 0 Å². The van der Waals surface area contributed by atoms with Crippen LogP contribution in [0.2, 0.25) is 0 Å². The molecule has 0 saturated carbocycles. The molecule has 134 valence electrons. The average molecular weight is 351 g/mol. The molecule has 26 heavy (non-hydrogen) atoms. The summed E-state index contributed by atoms with van der Waals surface area (Å²) in [5, 5.41) is 0. The van der Waals surface area contributed by atoms with E-state index in [0.29, 0.717) is 37.6 Å². The molecular formula is C20H21N3O3. The van der Waals surface area contributed by atoms with E-state index in [1.165, 1.54) is 0 Å². The SMILES string of the molecule is Cc1ccc(N2C(=O)c3cccnc3[C@@H]2CC(=O)N2CCOCC2)cc1. The molecule has 1 atom stereocenters. The second-order valence-electron chi connectivity index (χ2n) is 6.66. The Morgan fingerprint density at radius 3 is 2.65 bits per heavy atom. The molecule has 2 aromatic rings. The van der Waals surface area contributed by atoms with Crippen LogP contribution < -0.4 is 4.90 Å². The highest BCUT2D eigenvalue weighted by Crippen LogP contribution is 2.38. The number of carbonyl (C=O) groups excluding carboxylic acids is 2. The maximum absolute atomic E-state index is 13.0. The van der Waals surface area contributed by atoms with Crippen LogP contribution in [0.4, 0.5) is 5.69 Å². The number of hydrogen-bond acceptors (Lipinski definition) is 4. The second-order valence-corrected chi connectivity index (χ2v) is 6.66. The van der Waals surface area contributed by atoms with E-state index in [9.17, 15) is 9.59 Å². The van der Waals surface area contributed by atoms with Crippen LogP contribution in [0.25, 0.3) is 0 Å². The van der Waals surface area contributed by atoms with Crippen molar-refractivity contribution >= 4 is 17.5 Å². The smallest absolute Gasteiger partial charge is 0.260 e. The van der Waals surface area contributed by atoms with Gasteiger partial charge in [-0.15, -0.1) is 0 Å². The molecule has 3 heterocycles. The number of carbonyl (C=O) groups is 2. The van der Waals surface area contributed by atoms with Gasteiger partial charge in [-0.1, -0.05) is 17.7 Å². The molecule has 6 nitrogen and oxygen atoms in total. The third kappa shape index (κ3) is 2.97. The van der Waals surface area contributed by atoms with Gasteiger partial charge >= 0.3 is 0 Å². The minimum atomic E-state index is -0.378. The fourth-order valence-corrected chi connectivity index (χ4v) is 3.56. The number of morpholine rings is 1. The molecule has 1 aromatic carbocycles.